The fraction of sp³-hybridized carbons (Fsp3) is 0.429. The van der Waals surface area contributed by atoms with E-state index in [1.165, 1.54) is 0 Å². The van der Waals surface area contributed by atoms with E-state index in [-0.39, 0.29) is 5.83 Å². The van der Waals surface area contributed by atoms with Crippen LogP contribution in [0.5, 0.6) is 0 Å². The van der Waals surface area contributed by atoms with Gasteiger partial charge in [0.05, 0.1) is 0 Å². The van der Waals surface area contributed by atoms with Crippen LogP contribution in [0.25, 0.3) is 0 Å². The summed E-state index contributed by atoms with van der Waals surface area (Å²) in [5.41, 5.74) is 0. The van der Waals surface area contributed by atoms with Crippen LogP contribution in [0.15, 0.2) is 24.1 Å². The van der Waals surface area contributed by atoms with Crippen molar-refractivity contribution in [2.24, 2.45) is 5.92 Å². The highest BCUT2D eigenvalue weighted by Gasteiger charge is 2.00. The molecule has 0 aromatic heterocycles. The molecule has 1 unspecified atom stereocenters. The van der Waals surface area contributed by atoms with Crippen molar-refractivity contribution >= 4 is 0 Å². The van der Waals surface area contributed by atoms with Gasteiger partial charge in [0.1, 0.15) is 5.83 Å². The first-order valence-corrected chi connectivity index (χ1v) is 2.82. The molecule has 0 aliphatic heterocycles. The third-order valence-corrected chi connectivity index (χ3v) is 1.20. The number of rotatable bonds is 0. The van der Waals surface area contributed by atoms with Gasteiger partial charge < -0.3 is 0 Å². The summed E-state index contributed by atoms with van der Waals surface area (Å²) in [7, 11) is 0. The molecule has 1 heteroatoms. The van der Waals surface area contributed by atoms with Gasteiger partial charge in [-0.2, -0.15) is 0 Å². The monoisotopic (exact) mass is 112 g/mol. The normalized spacial score (nSPS) is 27.8. The Morgan fingerprint density at radius 3 is 2.88 bits per heavy atom. The van der Waals surface area contributed by atoms with Crippen LogP contribution in [0.1, 0.15) is 13.3 Å². The van der Waals surface area contributed by atoms with Crippen LogP contribution in [0.4, 0.5) is 4.39 Å². The van der Waals surface area contributed by atoms with Crippen molar-refractivity contribution in [1.82, 2.24) is 0 Å². The molecule has 0 saturated carbocycles. The molecule has 0 aromatic rings. The van der Waals surface area contributed by atoms with Gasteiger partial charge in [-0.3, -0.25) is 0 Å². The molecule has 0 nitrogen and oxygen atoms in total. The molecular formula is C7H9F. The van der Waals surface area contributed by atoms with Crippen LogP contribution < -0.4 is 0 Å². The van der Waals surface area contributed by atoms with Gasteiger partial charge in [0.25, 0.3) is 0 Å². The highest BCUT2D eigenvalue weighted by atomic mass is 19.1. The molecule has 8 heavy (non-hydrogen) atoms. The molecular weight excluding hydrogens is 103 g/mol. The average molecular weight is 112 g/mol. The molecule has 1 atom stereocenters. The summed E-state index contributed by atoms with van der Waals surface area (Å²) in [6, 6.07) is 0. The van der Waals surface area contributed by atoms with E-state index < -0.39 is 0 Å². The largest absolute Gasteiger partial charge is 0.212 e. The smallest absolute Gasteiger partial charge is 0.100 e. The van der Waals surface area contributed by atoms with Gasteiger partial charge in [0, 0.05) is 6.42 Å². The van der Waals surface area contributed by atoms with Crippen LogP contribution >= 0.6 is 0 Å². The third-order valence-electron chi connectivity index (χ3n) is 1.20. The Morgan fingerprint density at radius 2 is 2.50 bits per heavy atom. The Morgan fingerprint density at radius 1 is 1.75 bits per heavy atom. The minimum atomic E-state index is 0.000000000000000222. The first kappa shape index (κ1) is 5.54. The van der Waals surface area contributed by atoms with E-state index in [9.17, 15) is 4.39 Å². The molecule has 0 spiro atoms. The van der Waals surface area contributed by atoms with Gasteiger partial charge in [0.2, 0.25) is 0 Å². The van der Waals surface area contributed by atoms with E-state index >= 15 is 0 Å². The molecule has 1 aliphatic rings. The number of allylic oxidation sites excluding steroid dienone is 4. The van der Waals surface area contributed by atoms with Gasteiger partial charge in [-0.25, -0.2) is 4.39 Å². The first-order chi connectivity index (χ1) is 3.79. The summed E-state index contributed by atoms with van der Waals surface area (Å²) >= 11 is 0. The summed E-state index contributed by atoms with van der Waals surface area (Å²) in [6.45, 7) is 1.97. The lowest BCUT2D eigenvalue weighted by molar-refractivity contribution is 0.596. The fourth-order valence-electron chi connectivity index (χ4n) is 0.804. The maximum Gasteiger partial charge on any atom is 0.100 e. The zero-order chi connectivity index (χ0) is 5.98. The predicted octanol–water partition coefficient (Wildman–Crippen LogP) is 2.44. The number of halogens is 1. The van der Waals surface area contributed by atoms with Crippen LogP contribution in [-0.2, 0) is 0 Å². The molecule has 0 heterocycles. The molecule has 0 saturated heterocycles. The molecule has 0 amide bonds. The summed E-state index contributed by atoms with van der Waals surface area (Å²) < 4.78 is 12.2. The molecule has 1 rings (SSSR count). The van der Waals surface area contributed by atoms with Crippen LogP contribution in [-0.4, -0.2) is 0 Å². The average Bonchev–Trinajstić information content (AvgIpc) is 1.64. The maximum absolute atomic E-state index is 12.2. The molecule has 1 aliphatic carbocycles. The van der Waals surface area contributed by atoms with Crippen molar-refractivity contribution in [1.29, 1.82) is 0 Å². The van der Waals surface area contributed by atoms with Crippen LogP contribution in [0, 0.1) is 5.92 Å². The zero-order valence-corrected chi connectivity index (χ0v) is 4.89. The van der Waals surface area contributed by atoms with Gasteiger partial charge in [0.15, 0.2) is 0 Å². The summed E-state index contributed by atoms with van der Waals surface area (Å²) in [4.78, 5) is 0. The van der Waals surface area contributed by atoms with Crippen LogP contribution in [0.2, 0.25) is 0 Å². The van der Waals surface area contributed by atoms with Crippen molar-refractivity contribution < 1.29 is 4.39 Å². The third kappa shape index (κ3) is 1.19. The minimum absolute atomic E-state index is 0.000000000000000222. The van der Waals surface area contributed by atoms with Crippen molar-refractivity contribution in [3.63, 3.8) is 0 Å². The van der Waals surface area contributed by atoms with Crippen molar-refractivity contribution in [2.45, 2.75) is 13.3 Å². The lowest BCUT2D eigenvalue weighted by Crippen LogP contribution is -1.89. The van der Waals surface area contributed by atoms with E-state index in [1.807, 2.05) is 19.1 Å². The van der Waals surface area contributed by atoms with Crippen molar-refractivity contribution in [3.05, 3.63) is 24.1 Å². The van der Waals surface area contributed by atoms with E-state index in [0.717, 1.165) is 0 Å². The molecule has 44 valence electrons. The minimum Gasteiger partial charge on any atom is -0.212 e. The van der Waals surface area contributed by atoms with Gasteiger partial charge >= 0.3 is 0 Å². The topological polar surface area (TPSA) is 0 Å². The van der Waals surface area contributed by atoms with E-state index in [0.29, 0.717) is 12.3 Å². The summed E-state index contributed by atoms with van der Waals surface area (Å²) in [5.74, 6) is 0.295. The highest BCUT2D eigenvalue weighted by molar-refractivity contribution is 5.11. The van der Waals surface area contributed by atoms with Gasteiger partial charge in [-0.15, -0.1) is 0 Å². The Balaban J connectivity index is 2.60. The Labute approximate surface area is 48.7 Å². The Kier molecular flexibility index (Phi) is 1.47. The van der Waals surface area contributed by atoms with Crippen molar-refractivity contribution in [2.75, 3.05) is 0 Å². The molecule has 0 radical (unpaired) electrons. The van der Waals surface area contributed by atoms with Crippen molar-refractivity contribution in [3.8, 4) is 0 Å². The van der Waals surface area contributed by atoms with E-state index in [1.54, 1.807) is 6.08 Å². The number of hydrogen-bond donors (Lipinski definition) is 0. The quantitative estimate of drug-likeness (QED) is 0.422. The zero-order valence-electron chi connectivity index (χ0n) is 4.89. The second-order valence-electron chi connectivity index (χ2n) is 2.10. The van der Waals surface area contributed by atoms with E-state index in [4.69, 9.17) is 0 Å². The lowest BCUT2D eigenvalue weighted by Gasteiger charge is -2.03. The first-order valence-electron chi connectivity index (χ1n) is 2.82. The molecule has 0 bridgehead atoms. The summed E-state index contributed by atoms with van der Waals surface area (Å²) in [5, 5.41) is 0. The Bertz CT molecular complexity index is 133. The lowest BCUT2D eigenvalue weighted by atomic mass is 10.1. The second-order valence-corrected chi connectivity index (χ2v) is 2.10. The number of hydrogen-bond acceptors (Lipinski definition) is 0. The fourth-order valence-corrected chi connectivity index (χ4v) is 0.804. The SMILES string of the molecule is CC1C=CCC(F)=C1. The van der Waals surface area contributed by atoms with Gasteiger partial charge in [-0.05, 0) is 12.0 Å². The second kappa shape index (κ2) is 2.12. The predicted molar refractivity (Wildman–Crippen MR) is 32.1 cm³/mol. The standard InChI is InChI=1S/C7H9F/c1-6-3-2-4-7(8)5-6/h2-3,5-6H,4H2,1H3. The molecule has 0 fully saturated rings. The highest BCUT2D eigenvalue weighted by Crippen LogP contribution is 2.15. The van der Waals surface area contributed by atoms with Gasteiger partial charge in [-0.1, -0.05) is 19.1 Å². The molecule has 0 N–H and O–H groups in total. The van der Waals surface area contributed by atoms with Crippen LogP contribution in [0.3, 0.4) is 0 Å². The van der Waals surface area contributed by atoms with E-state index in [2.05, 4.69) is 0 Å². The summed E-state index contributed by atoms with van der Waals surface area (Å²) in [6.07, 6.45) is 5.99. The maximum atomic E-state index is 12.2. The Hall–Kier alpha value is -0.590. The molecule has 0 aromatic carbocycles.